The molecule has 30 heavy (non-hydrogen) atoms. The average Bonchev–Trinajstić information content (AvgIpc) is 3.33. The first kappa shape index (κ1) is 20.8. The lowest BCUT2D eigenvalue weighted by Crippen LogP contribution is -2.42. The van der Waals surface area contributed by atoms with E-state index in [0.29, 0.717) is 6.54 Å². The number of pyridine rings is 1. The van der Waals surface area contributed by atoms with E-state index in [2.05, 4.69) is 49.8 Å². The quantitative estimate of drug-likeness (QED) is 0.652. The lowest BCUT2D eigenvalue weighted by atomic mass is 10.1. The number of aromatic nitrogens is 3. The van der Waals surface area contributed by atoms with Crippen LogP contribution < -0.4 is 15.5 Å². The molecule has 2 fully saturated rings. The molecule has 4 heterocycles. The van der Waals surface area contributed by atoms with Gasteiger partial charge in [-0.1, -0.05) is 12.1 Å². The number of ether oxygens (including phenoxy) is 1. The summed E-state index contributed by atoms with van der Waals surface area (Å²) >= 11 is 0. The van der Waals surface area contributed by atoms with Crippen LogP contribution in [0.1, 0.15) is 12.8 Å². The number of nitrogens with zero attached hydrogens (tertiary/aromatic N) is 4. The Balaban J connectivity index is 0.00000218. The normalized spacial score (nSPS) is 18.9. The average molecular weight is 425 g/mol. The van der Waals surface area contributed by atoms with E-state index in [1.165, 1.54) is 18.5 Å². The second-order valence-electron chi connectivity index (χ2n) is 7.60. The number of anilines is 2. The minimum atomic E-state index is 0. The third kappa shape index (κ3) is 4.50. The summed E-state index contributed by atoms with van der Waals surface area (Å²) < 4.78 is 5.80. The molecule has 0 amide bonds. The van der Waals surface area contributed by atoms with Gasteiger partial charge in [0.05, 0.1) is 23.9 Å². The van der Waals surface area contributed by atoms with Crippen LogP contribution in [0.2, 0.25) is 0 Å². The number of rotatable bonds is 5. The Labute approximate surface area is 183 Å². The van der Waals surface area contributed by atoms with Crippen molar-refractivity contribution in [3.05, 3.63) is 42.7 Å². The highest BCUT2D eigenvalue weighted by molar-refractivity contribution is 7.59. The molecule has 2 aliphatic rings. The van der Waals surface area contributed by atoms with Crippen LogP contribution >= 0.6 is 13.5 Å². The van der Waals surface area contributed by atoms with E-state index in [-0.39, 0.29) is 19.6 Å². The molecule has 1 aromatic carbocycles. The molecule has 0 radical (unpaired) electrons. The van der Waals surface area contributed by atoms with Crippen LogP contribution in [0.4, 0.5) is 11.5 Å². The number of hydrogen-bond donors (Lipinski definition) is 2. The van der Waals surface area contributed by atoms with Gasteiger partial charge in [-0.3, -0.25) is 4.98 Å². The van der Waals surface area contributed by atoms with Gasteiger partial charge in [-0.2, -0.15) is 13.5 Å². The number of hydrogen-bond acceptors (Lipinski definition) is 7. The van der Waals surface area contributed by atoms with Crippen molar-refractivity contribution in [2.45, 2.75) is 18.9 Å². The first-order valence-corrected chi connectivity index (χ1v) is 10.4. The zero-order chi connectivity index (χ0) is 19.5. The van der Waals surface area contributed by atoms with Gasteiger partial charge in [-0.15, -0.1) is 0 Å². The molecule has 0 bridgehead atoms. The fraction of sp³-hybridized carbons (Fsp3) is 0.409. The van der Waals surface area contributed by atoms with Crippen molar-refractivity contribution < 1.29 is 4.74 Å². The summed E-state index contributed by atoms with van der Waals surface area (Å²) in [4.78, 5) is 16.3. The highest BCUT2D eigenvalue weighted by atomic mass is 32.1. The van der Waals surface area contributed by atoms with Crippen LogP contribution in [-0.4, -0.2) is 60.4 Å². The van der Waals surface area contributed by atoms with Crippen LogP contribution in [0.15, 0.2) is 42.7 Å². The topological polar surface area (TPSA) is 75.2 Å². The number of morpholine rings is 1. The van der Waals surface area contributed by atoms with Gasteiger partial charge in [0.2, 0.25) is 0 Å². The molecular formula is C22H28N6OS. The minimum Gasteiger partial charge on any atom is -0.374 e. The molecule has 0 saturated carbocycles. The van der Waals surface area contributed by atoms with Gasteiger partial charge in [0, 0.05) is 56.4 Å². The van der Waals surface area contributed by atoms with E-state index in [0.717, 1.165) is 60.9 Å². The fourth-order valence-electron chi connectivity index (χ4n) is 4.02. The predicted molar refractivity (Wildman–Crippen MR) is 126 cm³/mol. The van der Waals surface area contributed by atoms with Crippen molar-refractivity contribution in [2.75, 3.05) is 49.5 Å². The second kappa shape index (κ2) is 9.59. The Morgan fingerprint density at radius 1 is 1.10 bits per heavy atom. The van der Waals surface area contributed by atoms with Crippen molar-refractivity contribution >= 4 is 36.0 Å². The molecule has 0 unspecified atom stereocenters. The molecule has 2 saturated heterocycles. The standard InChI is InChI=1S/C22H26N6O.H2S/c1-2-11-28(10-1)17-5-3-16(4-6-17)19-13-20-21(25-8-7-24-20)22(27-19)26-15-18-14-23-9-12-29-18;/h3-8,13,18,23H,1-2,9-12,14-15H2,(H,26,27);1H2/t18-;/m0./s1. The molecule has 2 aromatic heterocycles. The van der Waals surface area contributed by atoms with E-state index in [4.69, 9.17) is 9.72 Å². The zero-order valence-corrected chi connectivity index (χ0v) is 18.0. The summed E-state index contributed by atoms with van der Waals surface area (Å²) in [6, 6.07) is 10.7. The van der Waals surface area contributed by atoms with Crippen LogP contribution in [0, 0.1) is 0 Å². The summed E-state index contributed by atoms with van der Waals surface area (Å²) in [5, 5.41) is 6.79. The van der Waals surface area contributed by atoms with E-state index >= 15 is 0 Å². The molecule has 2 aliphatic heterocycles. The summed E-state index contributed by atoms with van der Waals surface area (Å²) in [6.07, 6.45) is 6.11. The maximum atomic E-state index is 5.80. The first-order chi connectivity index (χ1) is 14.4. The highest BCUT2D eigenvalue weighted by Crippen LogP contribution is 2.28. The highest BCUT2D eigenvalue weighted by Gasteiger charge is 2.16. The van der Waals surface area contributed by atoms with Gasteiger partial charge in [-0.25, -0.2) is 9.97 Å². The SMILES string of the molecule is S.c1cnc2c(NC[C@@H]3CNCCO3)nc(-c3ccc(N4CCCC4)cc3)cc2n1. The van der Waals surface area contributed by atoms with Gasteiger partial charge in [0.25, 0.3) is 0 Å². The van der Waals surface area contributed by atoms with Gasteiger partial charge in [0.1, 0.15) is 5.52 Å². The Morgan fingerprint density at radius 2 is 1.90 bits per heavy atom. The molecule has 5 rings (SSSR count). The third-order valence-electron chi connectivity index (χ3n) is 5.59. The smallest absolute Gasteiger partial charge is 0.154 e. The molecule has 7 nitrogen and oxygen atoms in total. The Morgan fingerprint density at radius 3 is 2.67 bits per heavy atom. The molecule has 8 heteroatoms. The lowest BCUT2D eigenvalue weighted by molar-refractivity contribution is 0.0372. The molecule has 158 valence electrons. The minimum absolute atomic E-state index is 0. The van der Waals surface area contributed by atoms with Crippen LogP contribution in [0.5, 0.6) is 0 Å². The zero-order valence-electron chi connectivity index (χ0n) is 17.0. The maximum absolute atomic E-state index is 5.80. The Hall–Kier alpha value is -2.42. The number of nitrogens with one attached hydrogen (secondary N) is 2. The van der Waals surface area contributed by atoms with Gasteiger partial charge < -0.3 is 20.3 Å². The van der Waals surface area contributed by atoms with Gasteiger partial charge >= 0.3 is 0 Å². The van der Waals surface area contributed by atoms with Crippen LogP contribution in [0.3, 0.4) is 0 Å². The predicted octanol–water partition coefficient (Wildman–Crippen LogP) is 2.81. The second-order valence-corrected chi connectivity index (χ2v) is 7.60. The molecule has 0 spiro atoms. The van der Waals surface area contributed by atoms with Crippen LogP contribution in [-0.2, 0) is 4.74 Å². The van der Waals surface area contributed by atoms with Crippen molar-refractivity contribution in [3.63, 3.8) is 0 Å². The summed E-state index contributed by atoms with van der Waals surface area (Å²) in [5.41, 5.74) is 4.89. The largest absolute Gasteiger partial charge is 0.374 e. The van der Waals surface area contributed by atoms with E-state index in [1.807, 2.05) is 6.07 Å². The Bertz CT molecular complexity index is 971. The fourth-order valence-corrected chi connectivity index (χ4v) is 4.02. The van der Waals surface area contributed by atoms with Crippen LogP contribution in [0.25, 0.3) is 22.3 Å². The number of benzene rings is 1. The maximum Gasteiger partial charge on any atom is 0.154 e. The molecular weight excluding hydrogens is 396 g/mol. The lowest BCUT2D eigenvalue weighted by Gasteiger charge is -2.24. The van der Waals surface area contributed by atoms with E-state index in [1.54, 1.807) is 12.4 Å². The van der Waals surface area contributed by atoms with Crippen molar-refractivity contribution in [1.82, 2.24) is 20.3 Å². The summed E-state index contributed by atoms with van der Waals surface area (Å²) in [5.74, 6) is 0.753. The molecule has 0 aliphatic carbocycles. The van der Waals surface area contributed by atoms with E-state index < -0.39 is 0 Å². The Kier molecular flexibility index (Phi) is 6.66. The number of fused-ring (bicyclic) bond motifs is 1. The van der Waals surface area contributed by atoms with Crippen molar-refractivity contribution in [2.24, 2.45) is 0 Å². The monoisotopic (exact) mass is 424 g/mol. The summed E-state index contributed by atoms with van der Waals surface area (Å²) in [7, 11) is 0. The van der Waals surface area contributed by atoms with Gasteiger partial charge in [0.15, 0.2) is 5.82 Å². The molecule has 2 N–H and O–H groups in total. The van der Waals surface area contributed by atoms with Crippen molar-refractivity contribution in [1.29, 1.82) is 0 Å². The molecule has 1 atom stereocenters. The summed E-state index contributed by atoms with van der Waals surface area (Å²) in [6.45, 7) is 5.47. The first-order valence-electron chi connectivity index (χ1n) is 10.4. The van der Waals surface area contributed by atoms with Gasteiger partial charge in [-0.05, 0) is 31.0 Å². The molecule has 3 aromatic rings. The van der Waals surface area contributed by atoms with Crippen molar-refractivity contribution in [3.8, 4) is 11.3 Å². The third-order valence-corrected chi connectivity index (χ3v) is 5.59. The van der Waals surface area contributed by atoms with E-state index in [9.17, 15) is 0 Å².